The van der Waals surface area contributed by atoms with Gasteiger partial charge in [-0.15, -0.1) is 11.8 Å². The van der Waals surface area contributed by atoms with Crippen molar-refractivity contribution in [1.29, 1.82) is 0 Å². The van der Waals surface area contributed by atoms with Gasteiger partial charge in [0, 0.05) is 23.1 Å². The molecule has 1 unspecified atom stereocenters. The smallest absolute Gasteiger partial charge is 0.0108 e. The van der Waals surface area contributed by atoms with Gasteiger partial charge in [0.2, 0.25) is 0 Å². The van der Waals surface area contributed by atoms with Crippen molar-refractivity contribution in [3.8, 4) is 0 Å². The summed E-state index contributed by atoms with van der Waals surface area (Å²) >= 11 is 2.04. The van der Waals surface area contributed by atoms with Crippen molar-refractivity contribution in [3.63, 3.8) is 0 Å². The van der Waals surface area contributed by atoms with E-state index in [-0.39, 0.29) is 0 Å². The first-order valence-electron chi connectivity index (χ1n) is 7.31. The van der Waals surface area contributed by atoms with Crippen molar-refractivity contribution >= 4 is 11.8 Å². The highest BCUT2D eigenvalue weighted by Gasteiger charge is 2.26. The van der Waals surface area contributed by atoms with Crippen LogP contribution in [-0.4, -0.2) is 30.3 Å². The van der Waals surface area contributed by atoms with E-state index in [4.69, 9.17) is 0 Å². The summed E-state index contributed by atoms with van der Waals surface area (Å²) < 4.78 is 0. The van der Waals surface area contributed by atoms with E-state index in [1.807, 2.05) is 11.8 Å². The molecule has 0 aromatic heterocycles. The monoisotopic (exact) mass is 261 g/mol. The fourth-order valence-electron chi connectivity index (χ4n) is 3.27. The Bertz CT molecular complexity index is 396. The molecule has 0 amide bonds. The average Bonchev–Trinajstić information content (AvgIpc) is 2.83. The van der Waals surface area contributed by atoms with E-state index in [9.17, 15) is 0 Å². The van der Waals surface area contributed by atoms with Gasteiger partial charge >= 0.3 is 0 Å². The molecular formula is C16H23NS. The number of hydrogen-bond donors (Lipinski definition) is 0. The van der Waals surface area contributed by atoms with Crippen LogP contribution in [0.1, 0.15) is 37.7 Å². The van der Waals surface area contributed by atoms with Gasteiger partial charge in [0.25, 0.3) is 0 Å². The molecule has 2 aliphatic rings. The molecular weight excluding hydrogens is 238 g/mol. The van der Waals surface area contributed by atoms with Gasteiger partial charge in [-0.3, -0.25) is 0 Å². The Labute approximate surface area is 115 Å². The van der Waals surface area contributed by atoms with Gasteiger partial charge < -0.3 is 4.90 Å². The molecule has 0 bridgehead atoms. The summed E-state index contributed by atoms with van der Waals surface area (Å²) in [5.41, 5.74) is 1.60. The summed E-state index contributed by atoms with van der Waals surface area (Å²) in [4.78, 5) is 4.21. The van der Waals surface area contributed by atoms with E-state index in [0.717, 1.165) is 11.8 Å². The number of hydrogen-bond acceptors (Lipinski definition) is 2. The molecule has 1 atom stereocenters. The molecule has 2 aliphatic heterocycles. The highest BCUT2D eigenvalue weighted by Crippen LogP contribution is 2.40. The lowest BCUT2D eigenvalue weighted by atomic mass is 9.93. The van der Waals surface area contributed by atoms with Crippen LogP contribution in [0.5, 0.6) is 0 Å². The van der Waals surface area contributed by atoms with Gasteiger partial charge in [-0.05, 0) is 43.5 Å². The molecule has 18 heavy (non-hydrogen) atoms. The summed E-state index contributed by atoms with van der Waals surface area (Å²) in [6, 6.07) is 8.98. The Balaban J connectivity index is 1.59. The minimum absolute atomic E-state index is 0.768. The molecule has 0 saturated carbocycles. The number of fused-ring (bicyclic) bond motifs is 1. The summed E-state index contributed by atoms with van der Waals surface area (Å²) in [5, 5.41) is 0. The first-order valence-corrected chi connectivity index (χ1v) is 8.29. The van der Waals surface area contributed by atoms with Crippen LogP contribution < -0.4 is 0 Å². The predicted molar refractivity (Wildman–Crippen MR) is 79.4 cm³/mol. The second-order valence-electron chi connectivity index (χ2n) is 5.70. The van der Waals surface area contributed by atoms with Gasteiger partial charge in [0.05, 0.1) is 0 Å². The zero-order chi connectivity index (χ0) is 12.4. The second kappa shape index (κ2) is 5.66. The Morgan fingerprint density at radius 2 is 2.00 bits per heavy atom. The van der Waals surface area contributed by atoms with Crippen molar-refractivity contribution in [2.45, 2.75) is 37.0 Å². The summed E-state index contributed by atoms with van der Waals surface area (Å²) in [7, 11) is 0. The van der Waals surface area contributed by atoms with Crippen LogP contribution in [0.25, 0.3) is 0 Å². The molecule has 0 radical (unpaired) electrons. The fraction of sp³-hybridized carbons (Fsp3) is 0.625. The molecule has 2 heterocycles. The normalized spacial score (nSPS) is 25.3. The lowest BCUT2D eigenvalue weighted by Gasteiger charge is -2.33. The maximum absolute atomic E-state index is 2.69. The topological polar surface area (TPSA) is 3.24 Å². The quantitative estimate of drug-likeness (QED) is 0.809. The van der Waals surface area contributed by atoms with Crippen LogP contribution in [-0.2, 0) is 0 Å². The number of likely N-dealkylation sites (tertiary alicyclic amines) is 1. The molecule has 0 N–H and O–H groups in total. The maximum Gasteiger partial charge on any atom is 0.0108 e. The van der Waals surface area contributed by atoms with Crippen LogP contribution in [0.3, 0.4) is 0 Å². The van der Waals surface area contributed by atoms with Gasteiger partial charge in [-0.1, -0.05) is 31.5 Å². The Hall–Kier alpha value is -0.470. The highest BCUT2D eigenvalue weighted by atomic mass is 32.2. The summed E-state index contributed by atoms with van der Waals surface area (Å²) in [6.45, 7) is 6.26. The Morgan fingerprint density at radius 1 is 1.22 bits per heavy atom. The zero-order valence-corrected chi connectivity index (χ0v) is 12.1. The van der Waals surface area contributed by atoms with E-state index >= 15 is 0 Å². The number of nitrogens with zero attached hydrogens (tertiary/aromatic N) is 1. The lowest BCUT2D eigenvalue weighted by molar-refractivity contribution is 0.176. The molecule has 1 aromatic rings. The average molecular weight is 261 g/mol. The molecule has 2 heteroatoms. The third-order valence-electron chi connectivity index (χ3n) is 4.56. The molecule has 98 valence electrons. The largest absolute Gasteiger partial charge is 0.303 e. The number of rotatable bonds is 3. The van der Waals surface area contributed by atoms with Crippen molar-refractivity contribution in [2.75, 3.05) is 25.4 Å². The maximum atomic E-state index is 2.69. The third kappa shape index (κ3) is 2.60. The molecule has 1 fully saturated rings. The summed E-state index contributed by atoms with van der Waals surface area (Å²) in [6.07, 6.45) is 4.20. The Morgan fingerprint density at radius 3 is 2.78 bits per heavy atom. The van der Waals surface area contributed by atoms with E-state index in [1.54, 1.807) is 5.56 Å². The molecule has 1 saturated heterocycles. The van der Waals surface area contributed by atoms with Crippen molar-refractivity contribution in [3.05, 3.63) is 29.8 Å². The summed E-state index contributed by atoms with van der Waals surface area (Å²) in [5.74, 6) is 3.04. The molecule has 1 nitrogen and oxygen atoms in total. The van der Waals surface area contributed by atoms with E-state index in [0.29, 0.717) is 0 Å². The highest BCUT2D eigenvalue weighted by molar-refractivity contribution is 7.99. The van der Waals surface area contributed by atoms with Gasteiger partial charge in [-0.25, -0.2) is 0 Å². The van der Waals surface area contributed by atoms with E-state index < -0.39 is 0 Å². The van der Waals surface area contributed by atoms with Gasteiger partial charge in [0.15, 0.2) is 0 Å². The molecule has 3 rings (SSSR count). The number of benzene rings is 1. The minimum Gasteiger partial charge on any atom is -0.303 e. The lowest BCUT2D eigenvalue weighted by Crippen LogP contribution is -2.36. The molecule has 1 aromatic carbocycles. The fourth-order valence-corrected chi connectivity index (χ4v) is 4.51. The SMILES string of the molecule is CCC1CCN(CC2CSc3ccccc32)CC1. The van der Waals surface area contributed by atoms with Gasteiger partial charge in [-0.2, -0.15) is 0 Å². The van der Waals surface area contributed by atoms with Crippen molar-refractivity contribution in [2.24, 2.45) is 5.92 Å². The standard InChI is InChI=1S/C16H23NS/c1-2-13-7-9-17(10-8-13)11-14-12-18-16-6-4-3-5-15(14)16/h3-6,13-14H,2,7-12H2,1H3. The van der Waals surface area contributed by atoms with Crippen LogP contribution in [0.4, 0.5) is 0 Å². The first-order chi connectivity index (χ1) is 8.86. The van der Waals surface area contributed by atoms with Crippen molar-refractivity contribution in [1.82, 2.24) is 4.90 Å². The van der Waals surface area contributed by atoms with Crippen LogP contribution in [0.15, 0.2) is 29.2 Å². The number of thioether (sulfide) groups is 1. The zero-order valence-electron chi connectivity index (χ0n) is 11.3. The number of piperidine rings is 1. The first kappa shape index (κ1) is 12.6. The second-order valence-corrected chi connectivity index (χ2v) is 6.76. The third-order valence-corrected chi connectivity index (χ3v) is 5.81. The van der Waals surface area contributed by atoms with Crippen LogP contribution in [0, 0.1) is 5.92 Å². The minimum atomic E-state index is 0.768. The van der Waals surface area contributed by atoms with E-state index in [2.05, 4.69) is 36.1 Å². The van der Waals surface area contributed by atoms with Crippen LogP contribution >= 0.6 is 11.8 Å². The van der Waals surface area contributed by atoms with E-state index in [1.165, 1.54) is 49.5 Å². The predicted octanol–water partition coefficient (Wildman–Crippen LogP) is 4.00. The Kier molecular flexibility index (Phi) is 3.95. The molecule has 0 aliphatic carbocycles. The molecule has 0 spiro atoms. The van der Waals surface area contributed by atoms with Gasteiger partial charge in [0.1, 0.15) is 0 Å². The van der Waals surface area contributed by atoms with Crippen molar-refractivity contribution < 1.29 is 0 Å². The van der Waals surface area contributed by atoms with Crippen LogP contribution in [0.2, 0.25) is 0 Å².